The van der Waals surface area contributed by atoms with E-state index in [4.69, 9.17) is 11.3 Å². The quantitative estimate of drug-likeness (QED) is 0.736. The molecule has 1 aliphatic rings. The van der Waals surface area contributed by atoms with E-state index in [2.05, 4.69) is 9.74 Å². The fourth-order valence-corrected chi connectivity index (χ4v) is 2.17. The van der Waals surface area contributed by atoms with E-state index in [0.29, 0.717) is 13.1 Å². The van der Waals surface area contributed by atoms with Crippen molar-refractivity contribution < 1.29 is 4.74 Å². The summed E-state index contributed by atoms with van der Waals surface area (Å²) in [6.45, 7) is 8.11. The molecule has 0 aromatic heterocycles. The molecule has 18 heavy (non-hydrogen) atoms. The topological polar surface area (TPSA) is 16.8 Å². The molecule has 0 saturated carbocycles. The Morgan fingerprint density at radius 2 is 1.50 bits per heavy atom. The molecule has 0 aliphatic carbocycles. The lowest BCUT2D eigenvalue weighted by Crippen LogP contribution is -2.23. The fourth-order valence-electron chi connectivity index (χ4n) is 2.17. The van der Waals surface area contributed by atoms with Crippen LogP contribution in [0.1, 0.15) is 0 Å². The highest BCUT2D eigenvalue weighted by molar-refractivity contribution is 5.77. The van der Waals surface area contributed by atoms with Crippen molar-refractivity contribution in [1.29, 1.82) is 0 Å². The highest BCUT2D eigenvalue weighted by Crippen LogP contribution is 2.45. The zero-order valence-corrected chi connectivity index (χ0v) is 9.84. The third kappa shape index (κ3) is 1.68. The summed E-state index contributed by atoms with van der Waals surface area (Å²) in [5.74, 6) is 1.70. The van der Waals surface area contributed by atoms with E-state index in [1.54, 1.807) is 0 Å². The highest BCUT2D eigenvalue weighted by Gasteiger charge is 2.23. The van der Waals surface area contributed by atoms with E-state index in [1.165, 1.54) is 0 Å². The van der Waals surface area contributed by atoms with Crippen LogP contribution < -0.4 is 9.64 Å². The van der Waals surface area contributed by atoms with Crippen molar-refractivity contribution >= 4 is 11.4 Å². The first kappa shape index (κ1) is 10.7. The van der Waals surface area contributed by atoms with E-state index in [0.717, 1.165) is 22.9 Å². The van der Waals surface area contributed by atoms with Gasteiger partial charge in [0.05, 0.1) is 17.9 Å². The number of fused-ring (bicyclic) bond motifs is 2. The molecule has 0 saturated heterocycles. The molecule has 0 amide bonds. The summed E-state index contributed by atoms with van der Waals surface area (Å²) < 4.78 is 5.87. The van der Waals surface area contributed by atoms with Crippen LogP contribution in [0.25, 0.3) is 4.85 Å². The van der Waals surface area contributed by atoms with Gasteiger partial charge in [0.25, 0.3) is 0 Å². The molecular formula is C15H12N2O. The summed E-state index contributed by atoms with van der Waals surface area (Å²) >= 11 is 0. The zero-order chi connectivity index (χ0) is 12.4. The molecule has 0 spiro atoms. The summed E-state index contributed by atoms with van der Waals surface area (Å²) in [4.78, 5) is 5.59. The van der Waals surface area contributed by atoms with Gasteiger partial charge in [0.15, 0.2) is 11.5 Å². The Morgan fingerprint density at radius 3 is 2.06 bits per heavy atom. The average Bonchev–Trinajstić information content (AvgIpc) is 2.43. The van der Waals surface area contributed by atoms with Crippen molar-refractivity contribution in [2.75, 3.05) is 18.0 Å². The second-order valence-corrected chi connectivity index (χ2v) is 4.07. The van der Waals surface area contributed by atoms with Gasteiger partial charge in [-0.2, -0.15) is 0 Å². The molecule has 0 unspecified atom stereocenters. The van der Waals surface area contributed by atoms with Crippen LogP contribution >= 0.6 is 0 Å². The van der Waals surface area contributed by atoms with Crippen molar-refractivity contribution in [3.05, 3.63) is 59.9 Å². The smallest absolute Gasteiger partial charge is 0.232 e. The maximum Gasteiger partial charge on any atom is 0.232 e. The number of benzene rings is 2. The largest absolute Gasteiger partial charge is 0.453 e. The Labute approximate surface area is 106 Å². The summed E-state index contributed by atoms with van der Waals surface area (Å²) in [6, 6.07) is 15.8. The Bertz CT molecular complexity index is 570. The number of anilines is 2. The van der Waals surface area contributed by atoms with E-state index in [9.17, 15) is 0 Å². The van der Waals surface area contributed by atoms with Gasteiger partial charge >= 0.3 is 0 Å². The molecule has 1 aliphatic heterocycles. The van der Waals surface area contributed by atoms with Gasteiger partial charge in [-0.1, -0.05) is 24.3 Å². The molecular weight excluding hydrogens is 224 g/mol. The Balaban J connectivity index is 2.09. The predicted molar refractivity (Wildman–Crippen MR) is 71.4 cm³/mol. The van der Waals surface area contributed by atoms with Crippen LogP contribution in [0.5, 0.6) is 11.5 Å². The standard InChI is InChI=1S/C15H12N2O/c1-16-10-11-17-12-6-2-4-8-14(12)18-15-9-5-3-7-13(15)17/h2-9H,10-11H2. The van der Waals surface area contributed by atoms with Crippen molar-refractivity contribution in [2.45, 2.75) is 0 Å². The number of nitrogens with zero attached hydrogens (tertiary/aromatic N) is 2. The maximum absolute atomic E-state index is 6.96. The minimum atomic E-state index is 0.475. The molecule has 0 bridgehead atoms. The maximum atomic E-state index is 6.96. The van der Waals surface area contributed by atoms with Gasteiger partial charge in [0.1, 0.15) is 0 Å². The molecule has 3 rings (SSSR count). The van der Waals surface area contributed by atoms with Gasteiger partial charge < -0.3 is 14.5 Å². The zero-order valence-electron chi connectivity index (χ0n) is 9.84. The molecule has 88 valence electrons. The van der Waals surface area contributed by atoms with Crippen LogP contribution in [0.15, 0.2) is 48.5 Å². The molecule has 3 nitrogen and oxygen atoms in total. The summed E-state index contributed by atoms with van der Waals surface area (Å²) in [7, 11) is 0. The minimum Gasteiger partial charge on any atom is -0.453 e. The van der Waals surface area contributed by atoms with Gasteiger partial charge in [-0.15, -0.1) is 0 Å². The third-order valence-electron chi connectivity index (χ3n) is 2.97. The molecule has 3 heteroatoms. The molecule has 0 N–H and O–H groups in total. The van der Waals surface area contributed by atoms with Crippen molar-refractivity contribution in [3.63, 3.8) is 0 Å². The van der Waals surface area contributed by atoms with Gasteiger partial charge in [0.2, 0.25) is 6.54 Å². The van der Waals surface area contributed by atoms with Gasteiger partial charge in [-0.25, -0.2) is 6.57 Å². The van der Waals surface area contributed by atoms with Crippen LogP contribution in [0.3, 0.4) is 0 Å². The molecule has 2 aromatic rings. The summed E-state index contributed by atoms with van der Waals surface area (Å²) in [6.07, 6.45) is 0. The molecule has 1 heterocycles. The van der Waals surface area contributed by atoms with Crippen LogP contribution in [0, 0.1) is 6.57 Å². The van der Waals surface area contributed by atoms with E-state index >= 15 is 0 Å². The average molecular weight is 236 g/mol. The van der Waals surface area contributed by atoms with E-state index in [1.807, 2.05) is 48.5 Å². The lowest BCUT2D eigenvalue weighted by atomic mass is 10.1. The van der Waals surface area contributed by atoms with Crippen molar-refractivity contribution in [3.8, 4) is 11.5 Å². The monoisotopic (exact) mass is 236 g/mol. The van der Waals surface area contributed by atoms with E-state index < -0.39 is 0 Å². The van der Waals surface area contributed by atoms with E-state index in [-0.39, 0.29) is 0 Å². The van der Waals surface area contributed by atoms with Crippen LogP contribution in [0.4, 0.5) is 11.4 Å². The Kier molecular flexibility index (Phi) is 2.62. The first-order valence-electron chi connectivity index (χ1n) is 5.87. The highest BCUT2D eigenvalue weighted by atomic mass is 16.5. The van der Waals surface area contributed by atoms with Gasteiger partial charge in [-0.05, 0) is 24.3 Å². The lowest BCUT2D eigenvalue weighted by molar-refractivity contribution is 0.473. The van der Waals surface area contributed by atoms with Crippen LogP contribution in [0.2, 0.25) is 0 Å². The predicted octanol–water partition coefficient (Wildman–Crippen LogP) is 3.85. The van der Waals surface area contributed by atoms with Crippen LogP contribution in [-0.4, -0.2) is 13.1 Å². The molecule has 0 radical (unpaired) electrons. The minimum absolute atomic E-state index is 0.475. The second-order valence-electron chi connectivity index (χ2n) is 4.07. The van der Waals surface area contributed by atoms with Crippen molar-refractivity contribution in [1.82, 2.24) is 0 Å². The first-order chi connectivity index (χ1) is 8.90. The summed E-state index contributed by atoms with van der Waals surface area (Å²) in [5, 5.41) is 0. The lowest BCUT2D eigenvalue weighted by Gasteiger charge is -2.31. The summed E-state index contributed by atoms with van der Waals surface area (Å²) in [5.41, 5.74) is 2.06. The molecule has 0 atom stereocenters. The molecule has 0 fully saturated rings. The number of hydrogen-bond acceptors (Lipinski definition) is 2. The van der Waals surface area contributed by atoms with Crippen molar-refractivity contribution in [2.24, 2.45) is 0 Å². The Morgan fingerprint density at radius 1 is 0.944 bits per heavy atom. The normalized spacial score (nSPS) is 12.1. The SMILES string of the molecule is [C-]#[N+]CCN1c2ccccc2Oc2ccccc21. The second kappa shape index (κ2) is 4.42. The number of hydrogen-bond donors (Lipinski definition) is 0. The third-order valence-corrected chi connectivity index (χ3v) is 2.97. The first-order valence-corrected chi connectivity index (χ1v) is 5.87. The fraction of sp³-hybridized carbons (Fsp3) is 0.133. The van der Waals surface area contributed by atoms with Gasteiger partial charge in [-0.3, -0.25) is 0 Å². The van der Waals surface area contributed by atoms with Gasteiger partial charge in [0, 0.05) is 0 Å². The Hall–Kier alpha value is -2.47. The van der Waals surface area contributed by atoms with Crippen LogP contribution in [-0.2, 0) is 0 Å². The number of rotatable bonds is 2. The number of para-hydroxylation sites is 4. The number of ether oxygens (including phenoxy) is 1. The molecule has 2 aromatic carbocycles.